The molecule has 0 fully saturated rings. The number of carbonyl (C=O) groups excluding carboxylic acids is 1. The maximum Gasteiger partial charge on any atom is 0.357 e. The molecule has 0 atom stereocenters. The van der Waals surface area contributed by atoms with Crippen LogP contribution in [0.5, 0.6) is 5.75 Å². The first-order valence-corrected chi connectivity index (χ1v) is 4.71. The predicted molar refractivity (Wildman–Crippen MR) is 51.7 cm³/mol. The van der Waals surface area contributed by atoms with E-state index in [0.29, 0.717) is 0 Å². The number of carbonyl (C=O) groups is 1. The van der Waals surface area contributed by atoms with Crippen LogP contribution in [0.25, 0.3) is 0 Å². The van der Waals surface area contributed by atoms with Crippen molar-refractivity contribution < 1.29 is 27.4 Å². The Morgan fingerprint density at radius 1 is 1.53 bits per heavy atom. The van der Waals surface area contributed by atoms with Crippen molar-refractivity contribution in [3.63, 3.8) is 0 Å². The van der Waals surface area contributed by atoms with Gasteiger partial charge in [0.25, 0.3) is 6.43 Å². The Morgan fingerprint density at radius 3 is 2.65 bits per heavy atom. The Bertz CT molecular complexity index is 424. The Morgan fingerprint density at radius 2 is 2.18 bits per heavy atom. The quantitative estimate of drug-likeness (QED) is 0.768. The van der Waals surface area contributed by atoms with Crippen LogP contribution >= 0.6 is 0 Å². The van der Waals surface area contributed by atoms with E-state index in [9.17, 15) is 18.0 Å². The molecule has 1 rings (SSSR count). The van der Waals surface area contributed by atoms with Gasteiger partial charge in [0, 0.05) is 6.07 Å². The topological polar surface area (TPSA) is 48.4 Å². The second kappa shape index (κ2) is 5.51. The van der Waals surface area contributed by atoms with E-state index in [1.165, 1.54) is 0 Å². The van der Waals surface area contributed by atoms with E-state index in [1.807, 2.05) is 0 Å². The molecule has 0 unspecified atom stereocenters. The first-order chi connectivity index (χ1) is 8.01. The summed E-state index contributed by atoms with van der Waals surface area (Å²) in [5, 5.41) is 0. The average molecular weight is 249 g/mol. The fraction of sp³-hybridized carbons (Fsp3) is 0.400. The highest BCUT2D eigenvalue weighted by Gasteiger charge is 2.23. The lowest BCUT2D eigenvalue weighted by atomic mass is 10.2. The second-order valence-corrected chi connectivity index (χ2v) is 2.93. The maximum absolute atomic E-state index is 13.3. The Balaban J connectivity index is 3.25. The molecular weight excluding hydrogens is 239 g/mol. The van der Waals surface area contributed by atoms with Crippen LogP contribution in [0.15, 0.2) is 6.07 Å². The van der Waals surface area contributed by atoms with Gasteiger partial charge >= 0.3 is 5.97 Å². The van der Waals surface area contributed by atoms with Crippen molar-refractivity contribution in [2.45, 2.75) is 13.3 Å². The number of rotatable bonds is 4. The third-order valence-corrected chi connectivity index (χ3v) is 1.86. The Labute approximate surface area is 95.4 Å². The smallest absolute Gasteiger partial charge is 0.357 e. The number of esters is 1. The largest absolute Gasteiger partial charge is 0.494 e. The number of hydrogen-bond donors (Lipinski definition) is 0. The lowest BCUT2D eigenvalue weighted by molar-refractivity contribution is 0.0516. The highest BCUT2D eigenvalue weighted by Crippen LogP contribution is 2.27. The van der Waals surface area contributed by atoms with Gasteiger partial charge in [0.15, 0.2) is 17.3 Å². The van der Waals surface area contributed by atoms with Crippen LogP contribution < -0.4 is 4.74 Å². The molecule has 0 spiro atoms. The van der Waals surface area contributed by atoms with E-state index >= 15 is 0 Å². The number of halogens is 3. The van der Waals surface area contributed by atoms with E-state index in [0.717, 1.165) is 13.2 Å². The van der Waals surface area contributed by atoms with Crippen LogP contribution in [0, 0.1) is 5.82 Å². The van der Waals surface area contributed by atoms with Crippen LogP contribution in [-0.4, -0.2) is 24.7 Å². The van der Waals surface area contributed by atoms with Crippen molar-refractivity contribution in [3.05, 3.63) is 23.3 Å². The highest BCUT2D eigenvalue weighted by atomic mass is 19.3. The molecule has 1 heterocycles. The summed E-state index contributed by atoms with van der Waals surface area (Å²) >= 11 is 0. The zero-order chi connectivity index (χ0) is 13.0. The van der Waals surface area contributed by atoms with Gasteiger partial charge in [-0.2, -0.15) is 0 Å². The monoisotopic (exact) mass is 249 g/mol. The molecule has 4 nitrogen and oxygen atoms in total. The lowest BCUT2D eigenvalue weighted by Crippen LogP contribution is -2.11. The summed E-state index contributed by atoms with van der Waals surface area (Å²) in [7, 11) is 1.10. The van der Waals surface area contributed by atoms with Gasteiger partial charge < -0.3 is 9.47 Å². The number of methoxy groups -OCH3 is 1. The molecule has 0 aliphatic rings. The van der Waals surface area contributed by atoms with Gasteiger partial charge in [-0.05, 0) is 6.92 Å². The van der Waals surface area contributed by atoms with Crippen molar-refractivity contribution in [2.24, 2.45) is 0 Å². The summed E-state index contributed by atoms with van der Waals surface area (Å²) < 4.78 is 47.4. The zero-order valence-corrected chi connectivity index (χ0v) is 9.17. The SMILES string of the molecule is CCOC(=O)c1cc(OC)c(F)c(C(F)F)n1. The molecule has 0 saturated carbocycles. The molecule has 0 aromatic carbocycles. The number of pyridine rings is 1. The summed E-state index contributed by atoms with van der Waals surface area (Å²) in [5.74, 6) is -2.67. The molecule has 0 radical (unpaired) electrons. The van der Waals surface area contributed by atoms with E-state index < -0.39 is 35.3 Å². The molecule has 0 aliphatic carbocycles. The molecule has 0 saturated heterocycles. The predicted octanol–water partition coefficient (Wildman–Crippen LogP) is 2.34. The van der Waals surface area contributed by atoms with Crippen molar-refractivity contribution >= 4 is 5.97 Å². The van der Waals surface area contributed by atoms with Crippen molar-refractivity contribution in [3.8, 4) is 5.75 Å². The van der Waals surface area contributed by atoms with Crippen molar-refractivity contribution in [2.75, 3.05) is 13.7 Å². The second-order valence-electron chi connectivity index (χ2n) is 2.93. The summed E-state index contributed by atoms with van der Waals surface area (Å²) in [6.45, 7) is 1.61. The van der Waals surface area contributed by atoms with Crippen molar-refractivity contribution in [1.82, 2.24) is 4.98 Å². The summed E-state index contributed by atoms with van der Waals surface area (Å²) in [6.07, 6.45) is -3.14. The highest BCUT2D eigenvalue weighted by molar-refractivity contribution is 5.87. The molecule has 0 N–H and O–H groups in total. The van der Waals surface area contributed by atoms with Gasteiger partial charge in [0.05, 0.1) is 13.7 Å². The van der Waals surface area contributed by atoms with Crippen molar-refractivity contribution in [1.29, 1.82) is 0 Å². The number of hydrogen-bond acceptors (Lipinski definition) is 4. The molecule has 94 valence electrons. The van der Waals surface area contributed by atoms with E-state index in [1.54, 1.807) is 6.92 Å². The van der Waals surface area contributed by atoms with Gasteiger partial charge in [0.1, 0.15) is 5.69 Å². The molecule has 0 aliphatic heterocycles. The fourth-order valence-electron chi connectivity index (χ4n) is 1.13. The average Bonchev–Trinajstić information content (AvgIpc) is 2.29. The minimum atomic E-state index is -3.14. The lowest BCUT2D eigenvalue weighted by Gasteiger charge is -2.09. The van der Waals surface area contributed by atoms with Crippen LogP contribution in [-0.2, 0) is 4.74 Å². The number of aromatic nitrogens is 1. The summed E-state index contributed by atoms with van der Waals surface area (Å²) in [4.78, 5) is 14.5. The van der Waals surface area contributed by atoms with E-state index in [2.05, 4.69) is 14.5 Å². The van der Waals surface area contributed by atoms with Crippen LogP contribution in [0.4, 0.5) is 13.2 Å². The van der Waals surface area contributed by atoms with Gasteiger partial charge in [-0.1, -0.05) is 0 Å². The standard InChI is InChI=1S/C10H10F3NO3/c1-3-17-10(15)5-4-6(16-2)7(11)8(14-5)9(12)13/h4,9H,3H2,1-2H3. The molecule has 0 amide bonds. The third-order valence-electron chi connectivity index (χ3n) is 1.86. The number of alkyl halides is 2. The van der Waals surface area contributed by atoms with E-state index in [4.69, 9.17) is 0 Å². The molecule has 1 aromatic rings. The number of ether oxygens (including phenoxy) is 2. The fourth-order valence-corrected chi connectivity index (χ4v) is 1.13. The minimum absolute atomic E-state index is 0.0597. The van der Waals surface area contributed by atoms with Gasteiger partial charge in [-0.15, -0.1) is 0 Å². The van der Waals surface area contributed by atoms with Gasteiger partial charge in [-0.25, -0.2) is 22.9 Å². The van der Waals surface area contributed by atoms with Gasteiger partial charge in [0.2, 0.25) is 0 Å². The molecule has 17 heavy (non-hydrogen) atoms. The zero-order valence-electron chi connectivity index (χ0n) is 9.17. The molecule has 7 heteroatoms. The normalized spacial score (nSPS) is 10.5. The van der Waals surface area contributed by atoms with Crippen LogP contribution in [0.2, 0.25) is 0 Å². The van der Waals surface area contributed by atoms with Crippen LogP contribution in [0.1, 0.15) is 29.5 Å². The Kier molecular flexibility index (Phi) is 4.30. The summed E-state index contributed by atoms with van der Waals surface area (Å²) in [5.41, 5.74) is -1.55. The maximum atomic E-state index is 13.3. The Hall–Kier alpha value is -1.79. The first-order valence-electron chi connectivity index (χ1n) is 4.71. The minimum Gasteiger partial charge on any atom is -0.494 e. The number of nitrogens with zero attached hydrogens (tertiary/aromatic N) is 1. The molecular formula is C10H10F3NO3. The van der Waals surface area contributed by atoms with Gasteiger partial charge in [-0.3, -0.25) is 0 Å². The first kappa shape index (κ1) is 13.3. The van der Waals surface area contributed by atoms with E-state index in [-0.39, 0.29) is 6.61 Å². The molecule has 0 bridgehead atoms. The van der Waals surface area contributed by atoms with Crippen LogP contribution in [0.3, 0.4) is 0 Å². The third kappa shape index (κ3) is 2.86. The summed E-state index contributed by atoms with van der Waals surface area (Å²) in [6, 6.07) is 0.916. The molecule has 1 aromatic heterocycles.